The summed E-state index contributed by atoms with van der Waals surface area (Å²) in [6.07, 6.45) is 0.538. The molecule has 1 aliphatic rings. The van der Waals surface area contributed by atoms with Crippen LogP contribution >= 0.6 is 12.4 Å². The molecule has 4 heteroatoms. The topological polar surface area (TPSA) is 38.3 Å². The van der Waals surface area contributed by atoms with Crippen molar-refractivity contribution < 1.29 is 9.53 Å². The SMILES string of the molecule is COC(=O)CC1CNCC1(C)C.Cl. The van der Waals surface area contributed by atoms with E-state index >= 15 is 0 Å². The van der Waals surface area contributed by atoms with Crippen LogP contribution in [0.1, 0.15) is 20.3 Å². The molecule has 0 spiro atoms. The summed E-state index contributed by atoms with van der Waals surface area (Å²) in [4.78, 5) is 11.0. The molecule has 1 heterocycles. The number of rotatable bonds is 2. The summed E-state index contributed by atoms with van der Waals surface area (Å²) in [5.74, 6) is 0.321. The summed E-state index contributed by atoms with van der Waals surface area (Å²) in [6.45, 7) is 6.29. The molecular formula is C9H18ClNO2. The van der Waals surface area contributed by atoms with Crippen molar-refractivity contribution in [1.82, 2.24) is 5.32 Å². The summed E-state index contributed by atoms with van der Waals surface area (Å²) in [6, 6.07) is 0. The van der Waals surface area contributed by atoms with E-state index in [0.717, 1.165) is 13.1 Å². The molecule has 13 heavy (non-hydrogen) atoms. The fourth-order valence-electron chi connectivity index (χ4n) is 1.62. The van der Waals surface area contributed by atoms with E-state index in [2.05, 4.69) is 23.9 Å². The van der Waals surface area contributed by atoms with Crippen LogP contribution in [0.3, 0.4) is 0 Å². The average Bonchev–Trinajstić information content (AvgIpc) is 2.31. The van der Waals surface area contributed by atoms with Crippen molar-refractivity contribution in [2.24, 2.45) is 11.3 Å². The molecule has 0 aromatic heterocycles. The van der Waals surface area contributed by atoms with E-state index in [1.165, 1.54) is 7.11 Å². The number of ether oxygens (including phenoxy) is 1. The van der Waals surface area contributed by atoms with Crippen LogP contribution in [0.4, 0.5) is 0 Å². The van der Waals surface area contributed by atoms with Gasteiger partial charge in [-0.05, 0) is 17.9 Å². The predicted molar refractivity (Wildman–Crippen MR) is 54.0 cm³/mol. The van der Waals surface area contributed by atoms with E-state index in [4.69, 9.17) is 0 Å². The molecule has 1 rings (SSSR count). The summed E-state index contributed by atoms with van der Waals surface area (Å²) < 4.78 is 4.64. The highest BCUT2D eigenvalue weighted by molar-refractivity contribution is 5.85. The number of hydrogen-bond donors (Lipinski definition) is 1. The van der Waals surface area contributed by atoms with Gasteiger partial charge in [0.1, 0.15) is 0 Å². The molecule has 78 valence electrons. The van der Waals surface area contributed by atoms with E-state index in [9.17, 15) is 4.79 Å². The Kier molecular flexibility index (Phi) is 4.71. The highest BCUT2D eigenvalue weighted by Crippen LogP contribution is 2.32. The van der Waals surface area contributed by atoms with Gasteiger partial charge in [-0.3, -0.25) is 4.79 Å². The molecule has 0 aliphatic carbocycles. The molecule has 0 saturated carbocycles. The highest BCUT2D eigenvalue weighted by atomic mass is 35.5. The maximum Gasteiger partial charge on any atom is 0.305 e. The second-order valence-electron chi connectivity index (χ2n) is 4.10. The van der Waals surface area contributed by atoms with Gasteiger partial charge in [0, 0.05) is 6.54 Å². The molecule has 1 N–H and O–H groups in total. The lowest BCUT2D eigenvalue weighted by atomic mass is 9.80. The lowest BCUT2D eigenvalue weighted by molar-refractivity contribution is -0.142. The van der Waals surface area contributed by atoms with E-state index < -0.39 is 0 Å². The Morgan fingerprint density at radius 3 is 2.62 bits per heavy atom. The quantitative estimate of drug-likeness (QED) is 0.692. The zero-order chi connectivity index (χ0) is 9.19. The van der Waals surface area contributed by atoms with Crippen molar-refractivity contribution in [2.75, 3.05) is 20.2 Å². The number of esters is 1. The maximum atomic E-state index is 11.0. The number of nitrogens with one attached hydrogen (secondary N) is 1. The summed E-state index contributed by atoms with van der Waals surface area (Å²) >= 11 is 0. The first-order valence-corrected chi connectivity index (χ1v) is 4.34. The Bertz CT molecular complexity index is 182. The maximum absolute atomic E-state index is 11.0. The van der Waals surface area contributed by atoms with Gasteiger partial charge in [0.05, 0.1) is 13.5 Å². The average molecular weight is 208 g/mol. The van der Waals surface area contributed by atoms with Crippen molar-refractivity contribution in [3.8, 4) is 0 Å². The fraction of sp³-hybridized carbons (Fsp3) is 0.889. The normalized spacial score (nSPS) is 25.0. The third-order valence-corrected chi connectivity index (χ3v) is 2.72. The van der Waals surface area contributed by atoms with Crippen LogP contribution in [0.5, 0.6) is 0 Å². The molecule has 0 radical (unpaired) electrons. The molecule has 1 saturated heterocycles. The third kappa shape index (κ3) is 3.16. The number of halogens is 1. The molecule has 3 nitrogen and oxygen atoms in total. The monoisotopic (exact) mass is 207 g/mol. The van der Waals surface area contributed by atoms with Crippen LogP contribution in [0, 0.1) is 11.3 Å². The molecule has 0 aromatic carbocycles. The first-order chi connectivity index (χ1) is 5.56. The molecule has 1 atom stereocenters. The summed E-state index contributed by atoms with van der Waals surface area (Å²) in [7, 11) is 1.44. The second kappa shape index (κ2) is 4.82. The van der Waals surface area contributed by atoms with Gasteiger partial charge < -0.3 is 10.1 Å². The molecule has 1 fully saturated rings. The summed E-state index contributed by atoms with van der Waals surface area (Å²) in [5.41, 5.74) is 0.230. The lowest BCUT2D eigenvalue weighted by Gasteiger charge is -2.24. The van der Waals surface area contributed by atoms with E-state index in [1.807, 2.05) is 0 Å². The smallest absolute Gasteiger partial charge is 0.305 e. The van der Waals surface area contributed by atoms with Crippen molar-refractivity contribution >= 4 is 18.4 Å². The van der Waals surface area contributed by atoms with Crippen LogP contribution < -0.4 is 5.32 Å². The predicted octanol–water partition coefficient (Wildman–Crippen LogP) is 1.22. The standard InChI is InChI=1S/C9H17NO2.ClH/c1-9(2)6-10-5-7(9)4-8(11)12-3;/h7,10H,4-6H2,1-3H3;1H. The number of hydrogen-bond acceptors (Lipinski definition) is 3. The van der Waals surface area contributed by atoms with E-state index in [1.54, 1.807) is 0 Å². The van der Waals surface area contributed by atoms with Crippen molar-refractivity contribution in [3.63, 3.8) is 0 Å². The molecule has 1 unspecified atom stereocenters. The number of carbonyl (C=O) groups is 1. The van der Waals surface area contributed by atoms with Crippen molar-refractivity contribution in [3.05, 3.63) is 0 Å². The molecule has 0 bridgehead atoms. The molecule has 1 aliphatic heterocycles. The van der Waals surface area contributed by atoms with Crippen LogP contribution in [0.2, 0.25) is 0 Å². The van der Waals surface area contributed by atoms with Crippen LogP contribution in [0.25, 0.3) is 0 Å². The Morgan fingerprint density at radius 2 is 2.23 bits per heavy atom. The first-order valence-electron chi connectivity index (χ1n) is 4.34. The minimum absolute atomic E-state index is 0. The minimum Gasteiger partial charge on any atom is -0.469 e. The van der Waals surface area contributed by atoms with Gasteiger partial charge in [0.15, 0.2) is 0 Å². The fourth-order valence-corrected chi connectivity index (χ4v) is 1.62. The lowest BCUT2D eigenvalue weighted by Crippen LogP contribution is -2.24. The number of methoxy groups -OCH3 is 1. The Labute approximate surface area is 85.6 Å². The summed E-state index contributed by atoms with van der Waals surface area (Å²) in [5, 5.41) is 3.28. The molecule has 0 amide bonds. The minimum atomic E-state index is -0.100. The Morgan fingerprint density at radius 1 is 1.62 bits per heavy atom. The van der Waals surface area contributed by atoms with E-state index in [-0.39, 0.29) is 23.8 Å². The highest BCUT2D eigenvalue weighted by Gasteiger charge is 2.35. The zero-order valence-electron chi connectivity index (χ0n) is 8.42. The van der Waals surface area contributed by atoms with Crippen LogP contribution in [-0.4, -0.2) is 26.2 Å². The van der Waals surface area contributed by atoms with E-state index in [0.29, 0.717) is 12.3 Å². The first kappa shape index (κ1) is 12.7. The largest absolute Gasteiger partial charge is 0.469 e. The second-order valence-corrected chi connectivity index (χ2v) is 4.10. The van der Waals surface area contributed by atoms with Gasteiger partial charge in [-0.2, -0.15) is 0 Å². The third-order valence-electron chi connectivity index (χ3n) is 2.72. The van der Waals surface area contributed by atoms with Crippen molar-refractivity contribution in [1.29, 1.82) is 0 Å². The zero-order valence-corrected chi connectivity index (χ0v) is 9.24. The van der Waals surface area contributed by atoms with Crippen LogP contribution in [0.15, 0.2) is 0 Å². The number of carbonyl (C=O) groups excluding carboxylic acids is 1. The van der Waals surface area contributed by atoms with Crippen molar-refractivity contribution in [2.45, 2.75) is 20.3 Å². The Balaban J connectivity index is 0.00000144. The van der Waals surface area contributed by atoms with Gasteiger partial charge >= 0.3 is 5.97 Å². The van der Waals surface area contributed by atoms with Gasteiger partial charge in [-0.25, -0.2) is 0 Å². The molecule has 0 aromatic rings. The Hall–Kier alpha value is -0.280. The van der Waals surface area contributed by atoms with Crippen LogP contribution in [-0.2, 0) is 9.53 Å². The molecular weight excluding hydrogens is 190 g/mol. The van der Waals surface area contributed by atoms with Gasteiger partial charge in [0.2, 0.25) is 0 Å². The van der Waals surface area contributed by atoms with Gasteiger partial charge in [-0.1, -0.05) is 13.8 Å². The van der Waals surface area contributed by atoms with Gasteiger partial charge in [-0.15, -0.1) is 12.4 Å². The van der Waals surface area contributed by atoms with Gasteiger partial charge in [0.25, 0.3) is 0 Å².